The summed E-state index contributed by atoms with van der Waals surface area (Å²) in [7, 11) is 3.46. The summed E-state index contributed by atoms with van der Waals surface area (Å²) in [6.45, 7) is 0. The molecule has 0 bridgehead atoms. The van der Waals surface area contributed by atoms with E-state index in [-0.39, 0.29) is 0 Å². The Kier molecular flexibility index (Phi) is 2.34. The molecule has 8 heavy (non-hydrogen) atoms. The monoisotopic (exact) mass is 185 g/mol. The van der Waals surface area contributed by atoms with Crippen molar-refractivity contribution in [3.05, 3.63) is 30.3 Å². The normalized spacial score (nSPS) is 9.12. The van der Waals surface area contributed by atoms with E-state index in [1.807, 2.05) is 6.07 Å². The van der Waals surface area contributed by atoms with Crippen molar-refractivity contribution in [3.63, 3.8) is 0 Å². The van der Waals surface area contributed by atoms with E-state index in [0.717, 1.165) is 0 Å². The molecule has 0 heterocycles. The van der Waals surface area contributed by atoms with E-state index in [1.54, 1.807) is 0 Å². The third-order valence-electron chi connectivity index (χ3n) is 0.861. The third-order valence-corrected chi connectivity index (χ3v) is 3.15. The molecule has 0 aliphatic heterocycles. The molecule has 0 aliphatic rings. The fraction of sp³-hybridized carbons (Fsp3) is 0. The summed E-state index contributed by atoms with van der Waals surface area (Å²) >= 11 is 0.473. The Morgan fingerprint density at radius 3 is 2.12 bits per heavy atom. The molecule has 1 rings (SSSR count). The van der Waals surface area contributed by atoms with Gasteiger partial charge in [-0.15, -0.1) is 0 Å². The van der Waals surface area contributed by atoms with Crippen LogP contribution in [0.25, 0.3) is 0 Å². The molecule has 0 saturated carbocycles. The van der Waals surface area contributed by atoms with Gasteiger partial charge in [0.15, 0.2) is 0 Å². The molecule has 0 spiro atoms. The molecule has 1 aromatic carbocycles. The predicted octanol–water partition coefficient (Wildman–Crippen LogP) is 0.0996. The molecule has 1 aromatic rings. The zero-order valence-electron chi connectivity index (χ0n) is 4.29. The van der Waals surface area contributed by atoms with Crippen LogP contribution in [0.1, 0.15) is 0 Å². The average molecular weight is 184 g/mol. The second-order valence-corrected chi connectivity index (χ2v) is 3.89. The van der Waals surface area contributed by atoms with Crippen LogP contribution >= 0.6 is 0 Å². The van der Waals surface area contributed by atoms with E-state index in [4.69, 9.17) is 0 Å². The standard InChI is InChI=1S/C6H5SeSi/c8-7-6-4-2-1-3-5-6/h1-5H. The molecule has 0 aromatic heterocycles. The molecule has 0 N–H and O–H groups in total. The van der Waals surface area contributed by atoms with Gasteiger partial charge < -0.3 is 0 Å². The molecule has 0 aliphatic carbocycles. The molecule has 0 amide bonds. The van der Waals surface area contributed by atoms with Crippen molar-refractivity contribution in [3.8, 4) is 0 Å². The topological polar surface area (TPSA) is 0 Å². The molecule has 0 atom stereocenters. The van der Waals surface area contributed by atoms with E-state index in [1.165, 1.54) is 4.46 Å². The maximum atomic E-state index is 3.46. The van der Waals surface area contributed by atoms with Crippen LogP contribution < -0.4 is 4.46 Å². The van der Waals surface area contributed by atoms with E-state index < -0.39 is 0 Å². The van der Waals surface area contributed by atoms with Crippen molar-refractivity contribution in [1.82, 2.24) is 0 Å². The first kappa shape index (κ1) is 6.08. The first-order valence-corrected chi connectivity index (χ1v) is 6.15. The molecule has 0 nitrogen and oxygen atoms in total. The van der Waals surface area contributed by atoms with Gasteiger partial charge in [-0.25, -0.2) is 0 Å². The van der Waals surface area contributed by atoms with Crippen molar-refractivity contribution < 1.29 is 0 Å². The van der Waals surface area contributed by atoms with Gasteiger partial charge >= 0.3 is 58.0 Å². The zero-order chi connectivity index (χ0) is 5.82. The Morgan fingerprint density at radius 1 is 1.12 bits per heavy atom. The molecular formula is C6H5SeSi. The summed E-state index contributed by atoms with van der Waals surface area (Å²) in [5.41, 5.74) is 0. The van der Waals surface area contributed by atoms with E-state index >= 15 is 0 Å². The number of hydrogen-bond donors (Lipinski definition) is 0. The van der Waals surface area contributed by atoms with Crippen molar-refractivity contribution >= 4 is 27.6 Å². The minimum absolute atomic E-state index is 0.473. The third kappa shape index (κ3) is 1.48. The van der Waals surface area contributed by atoms with Crippen molar-refractivity contribution in [2.45, 2.75) is 0 Å². The van der Waals surface area contributed by atoms with Crippen LogP contribution in [0.3, 0.4) is 0 Å². The molecule has 2 heteroatoms. The van der Waals surface area contributed by atoms with Crippen molar-refractivity contribution in [2.75, 3.05) is 0 Å². The molecule has 3 radical (unpaired) electrons. The SMILES string of the molecule is [Si][Se]c1ccccc1. The van der Waals surface area contributed by atoms with Gasteiger partial charge in [0.25, 0.3) is 0 Å². The van der Waals surface area contributed by atoms with Crippen LogP contribution in [0.2, 0.25) is 0 Å². The summed E-state index contributed by atoms with van der Waals surface area (Å²) in [5.74, 6) is 0. The first-order valence-electron chi connectivity index (χ1n) is 2.32. The Morgan fingerprint density at radius 2 is 1.75 bits per heavy atom. The van der Waals surface area contributed by atoms with Gasteiger partial charge in [0.2, 0.25) is 0 Å². The first-order chi connectivity index (χ1) is 3.93. The van der Waals surface area contributed by atoms with Crippen molar-refractivity contribution in [2.24, 2.45) is 0 Å². The average Bonchev–Trinajstić information content (AvgIpc) is 1.90. The summed E-state index contributed by atoms with van der Waals surface area (Å²) in [5, 5.41) is 0. The van der Waals surface area contributed by atoms with E-state index in [0.29, 0.717) is 14.3 Å². The van der Waals surface area contributed by atoms with Gasteiger partial charge in [0, 0.05) is 0 Å². The van der Waals surface area contributed by atoms with E-state index in [9.17, 15) is 0 Å². The quantitative estimate of drug-likeness (QED) is 0.543. The van der Waals surface area contributed by atoms with Crippen LogP contribution in [0.4, 0.5) is 0 Å². The van der Waals surface area contributed by atoms with Gasteiger partial charge in [0.1, 0.15) is 0 Å². The summed E-state index contributed by atoms with van der Waals surface area (Å²) < 4.78 is 1.39. The van der Waals surface area contributed by atoms with Crippen LogP contribution in [0, 0.1) is 0 Å². The van der Waals surface area contributed by atoms with Gasteiger partial charge in [-0.1, -0.05) is 0 Å². The minimum atomic E-state index is 0.473. The summed E-state index contributed by atoms with van der Waals surface area (Å²) in [6, 6.07) is 10.4. The second-order valence-electron chi connectivity index (χ2n) is 1.42. The van der Waals surface area contributed by atoms with Crippen LogP contribution in [-0.4, -0.2) is 23.2 Å². The van der Waals surface area contributed by atoms with Crippen LogP contribution in [0.5, 0.6) is 0 Å². The molecular weight excluding hydrogens is 179 g/mol. The number of benzene rings is 1. The van der Waals surface area contributed by atoms with E-state index in [2.05, 4.69) is 33.1 Å². The molecule has 0 unspecified atom stereocenters. The number of rotatable bonds is 1. The molecule has 0 saturated heterocycles. The zero-order valence-corrected chi connectivity index (χ0v) is 7.01. The Balaban J connectivity index is 2.83. The summed E-state index contributed by atoms with van der Waals surface area (Å²) in [4.78, 5) is 0. The second kappa shape index (κ2) is 3.08. The Bertz CT molecular complexity index is 150. The van der Waals surface area contributed by atoms with Gasteiger partial charge in [0.05, 0.1) is 0 Å². The van der Waals surface area contributed by atoms with Crippen LogP contribution in [-0.2, 0) is 0 Å². The Labute approximate surface area is 58.3 Å². The molecule has 0 fully saturated rings. The van der Waals surface area contributed by atoms with Gasteiger partial charge in [-0.2, -0.15) is 0 Å². The fourth-order valence-electron chi connectivity index (χ4n) is 0.489. The fourth-order valence-corrected chi connectivity index (χ4v) is 1.81. The summed E-state index contributed by atoms with van der Waals surface area (Å²) in [6.07, 6.45) is 0. The molecule has 39 valence electrons. The Hall–Kier alpha value is -0.0436. The predicted molar refractivity (Wildman–Crippen MR) is 37.6 cm³/mol. The maximum absolute atomic E-state index is 3.46. The van der Waals surface area contributed by atoms with Gasteiger partial charge in [-0.05, 0) is 0 Å². The number of hydrogen-bond acceptors (Lipinski definition) is 0. The van der Waals surface area contributed by atoms with Gasteiger partial charge in [-0.3, -0.25) is 0 Å². The van der Waals surface area contributed by atoms with Crippen molar-refractivity contribution in [1.29, 1.82) is 0 Å². The van der Waals surface area contributed by atoms with Crippen LogP contribution in [0.15, 0.2) is 30.3 Å².